The molecule has 180 valence electrons. The lowest BCUT2D eigenvalue weighted by molar-refractivity contribution is -0.195. The number of hydrogen-bond donors (Lipinski definition) is 4. The molecule has 0 bridgehead atoms. The maximum atomic E-state index is 12.0. The summed E-state index contributed by atoms with van der Waals surface area (Å²) in [7, 11) is -2.42. The van der Waals surface area contributed by atoms with E-state index in [9.17, 15) is 13.5 Å². The van der Waals surface area contributed by atoms with Gasteiger partial charge in [0.25, 0.3) is 0 Å². The van der Waals surface area contributed by atoms with Crippen LogP contribution in [0.3, 0.4) is 0 Å². The van der Waals surface area contributed by atoms with Gasteiger partial charge in [0.05, 0.1) is 22.6 Å². The fraction of sp³-hybridized carbons (Fsp3) is 0.0952. The number of amidine groups is 1. The van der Waals surface area contributed by atoms with Crippen LogP contribution in [0.1, 0.15) is 13.0 Å². The smallest absolute Gasteiger partial charge is 0.240 e. The van der Waals surface area contributed by atoms with E-state index in [1.165, 1.54) is 25.2 Å². The maximum absolute atomic E-state index is 12.0. The Hall–Kier alpha value is -3.33. The molecule has 3 aromatic carbocycles. The van der Waals surface area contributed by atoms with Crippen LogP contribution in [0, 0.1) is 0 Å². The van der Waals surface area contributed by atoms with Crippen molar-refractivity contribution in [3.05, 3.63) is 78.4 Å². The summed E-state index contributed by atoms with van der Waals surface area (Å²) in [6.45, 7) is 0. The largest absolute Gasteiger partial charge is 0.506 e. The van der Waals surface area contributed by atoms with Gasteiger partial charge in [-0.3, -0.25) is 5.43 Å². The van der Waals surface area contributed by atoms with Crippen molar-refractivity contribution in [1.29, 1.82) is 0 Å². The number of azo groups is 1. The number of phenols is 1. The van der Waals surface area contributed by atoms with Crippen molar-refractivity contribution < 1.29 is 22.8 Å². The fourth-order valence-electron chi connectivity index (χ4n) is 2.46. The number of hydrazone groups is 1. The highest BCUT2D eigenvalue weighted by atomic mass is 32.2. The Morgan fingerprint density at radius 3 is 2.41 bits per heavy atom. The van der Waals surface area contributed by atoms with E-state index < -0.39 is 10.0 Å². The Kier molecular flexibility index (Phi) is 10.1. The number of hydrogen-bond acceptors (Lipinski definition) is 10. The monoisotopic (exact) mass is 504 g/mol. The summed E-state index contributed by atoms with van der Waals surface area (Å²) in [5, 5.41) is 22.5. The van der Waals surface area contributed by atoms with Crippen molar-refractivity contribution >= 4 is 39.3 Å². The van der Waals surface area contributed by atoms with Gasteiger partial charge in [-0.05, 0) is 49.5 Å². The number of nitrogens with two attached hydrogens (primary N) is 1. The molecule has 0 saturated heterocycles. The van der Waals surface area contributed by atoms with Crippen LogP contribution in [0.2, 0.25) is 0 Å². The Morgan fingerprint density at radius 2 is 1.76 bits per heavy atom. The van der Waals surface area contributed by atoms with Crippen LogP contribution in [0.4, 0.5) is 11.4 Å². The van der Waals surface area contributed by atoms with Crippen molar-refractivity contribution in [3.8, 4) is 5.75 Å². The number of phenolic OH excluding ortho intramolecular Hbond substituents is 1. The van der Waals surface area contributed by atoms with Crippen molar-refractivity contribution in [2.24, 2.45) is 21.2 Å². The third kappa shape index (κ3) is 7.34. The summed E-state index contributed by atoms with van der Waals surface area (Å²) >= 11 is 0.947. The molecule has 0 aromatic heterocycles. The second-order valence-electron chi connectivity index (χ2n) is 6.24. The fourth-order valence-corrected chi connectivity index (χ4v) is 3.58. The molecule has 0 heterocycles. The van der Waals surface area contributed by atoms with Gasteiger partial charge in [-0.15, -0.1) is 19.6 Å². The van der Waals surface area contributed by atoms with E-state index in [1.54, 1.807) is 36.4 Å². The minimum Gasteiger partial charge on any atom is -0.506 e. The summed E-state index contributed by atoms with van der Waals surface area (Å²) in [5.74, 6) is 4.79. The number of anilines is 1. The molecule has 0 fully saturated rings. The molecule has 0 spiro atoms. The lowest BCUT2D eigenvalue weighted by Gasteiger charge is -2.06. The van der Waals surface area contributed by atoms with Crippen molar-refractivity contribution in [2.75, 3.05) is 12.5 Å². The minimum atomic E-state index is -3.71. The second kappa shape index (κ2) is 12.8. The number of aromatic hydroxyl groups is 1. The van der Waals surface area contributed by atoms with Gasteiger partial charge in [0, 0.05) is 10.5 Å². The summed E-state index contributed by atoms with van der Waals surface area (Å²) in [5.41, 5.74) is 4.15. The molecule has 3 rings (SSSR count). The molecule has 5 N–H and O–H groups in total. The number of nitrogens with zero attached hydrogens (tertiary/aromatic N) is 3. The Bertz CT molecular complexity index is 1240. The third-order valence-electron chi connectivity index (χ3n) is 4.13. The first kappa shape index (κ1) is 26.9. The molecule has 3 aromatic rings. The van der Waals surface area contributed by atoms with Crippen LogP contribution in [0.5, 0.6) is 5.75 Å². The first-order valence-corrected chi connectivity index (χ1v) is 11.5. The second-order valence-corrected chi connectivity index (χ2v) is 8.90. The lowest BCUT2D eigenvalue weighted by atomic mass is 10.2. The molecule has 34 heavy (non-hydrogen) atoms. The SMILES string of the molecule is C.CNS(=O)(=O)c1ccc(O)c(N=N/C(=N\Nc2ccc(SOON)cc2)c2ccccc2)c1. The third-order valence-corrected chi connectivity index (χ3v) is 6.15. The molecule has 13 heteroatoms. The predicted octanol–water partition coefficient (Wildman–Crippen LogP) is 4.32. The summed E-state index contributed by atoms with van der Waals surface area (Å²) in [6.07, 6.45) is 0. The highest BCUT2D eigenvalue weighted by molar-refractivity contribution is 7.94. The lowest BCUT2D eigenvalue weighted by Crippen LogP contribution is -2.18. The zero-order chi connectivity index (χ0) is 23.7. The van der Waals surface area contributed by atoms with Crippen molar-refractivity contribution in [1.82, 2.24) is 4.72 Å². The zero-order valence-corrected chi connectivity index (χ0v) is 18.9. The summed E-state index contributed by atoms with van der Waals surface area (Å²) in [4.78, 5) is 4.75. The predicted molar refractivity (Wildman–Crippen MR) is 131 cm³/mol. The molecule has 0 saturated carbocycles. The number of sulfonamides is 1. The number of rotatable bonds is 9. The Labute approximate surface area is 201 Å². The normalized spacial score (nSPS) is 11.9. The topological polar surface area (TPSA) is 160 Å². The van der Waals surface area contributed by atoms with E-state index in [4.69, 9.17) is 5.90 Å². The van der Waals surface area contributed by atoms with Gasteiger partial charge < -0.3 is 5.11 Å². The zero-order valence-electron chi connectivity index (χ0n) is 17.2. The highest BCUT2D eigenvalue weighted by Crippen LogP contribution is 2.29. The van der Waals surface area contributed by atoms with Gasteiger partial charge in [0.2, 0.25) is 15.9 Å². The van der Waals surface area contributed by atoms with E-state index in [1.807, 2.05) is 18.2 Å². The van der Waals surface area contributed by atoms with Gasteiger partial charge in [-0.1, -0.05) is 37.8 Å². The van der Waals surface area contributed by atoms with Crippen LogP contribution >= 0.6 is 12.0 Å². The van der Waals surface area contributed by atoms with Crippen LogP contribution in [-0.2, 0) is 19.3 Å². The first-order chi connectivity index (χ1) is 15.9. The molecule has 0 atom stereocenters. The Balaban J connectivity index is 0.00000408. The van der Waals surface area contributed by atoms with Gasteiger partial charge in [-0.2, -0.15) is 11.0 Å². The van der Waals surface area contributed by atoms with Gasteiger partial charge in [0.15, 0.2) is 0 Å². The molecule has 0 aliphatic carbocycles. The minimum absolute atomic E-state index is 0. The maximum Gasteiger partial charge on any atom is 0.240 e. The van der Waals surface area contributed by atoms with Crippen LogP contribution < -0.4 is 16.0 Å². The molecule has 0 aliphatic rings. The molecule has 0 radical (unpaired) electrons. The molecule has 11 nitrogen and oxygen atoms in total. The van der Waals surface area contributed by atoms with Crippen molar-refractivity contribution in [2.45, 2.75) is 17.2 Å². The molecule has 0 amide bonds. The van der Waals surface area contributed by atoms with Crippen LogP contribution in [0.25, 0.3) is 0 Å². The summed E-state index contributed by atoms with van der Waals surface area (Å²) in [6, 6.07) is 19.8. The van der Waals surface area contributed by atoms with E-state index in [0.717, 1.165) is 16.9 Å². The van der Waals surface area contributed by atoms with E-state index >= 15 is 0 Å². The standard InChI is InChI=1S/C20H20N6O5S2.CH4/c1-22-33(28,29)17-11-12-19(27)18(13-17)24-26-20(14-5-3-2-4-6-14)25-23-15-7-9-16(10-8-15)32-31-30-21;/h2-13,22-23,27H,21H2,1H3;1H4/b25-20-,26-24?;. The molecular weight excluding hydrogens is 480 g/mol. The highest BCUT2D eigenvalue weighted by Gasteiger charge is 2.14. The van der Waals surface area contributed by atoms with Gasteiger partial charge >= 0.3 is 0 Å². The van der Waals surface area contributed by atoms with Gasteiger partial charge in [-0.25, -0.2) is 13.1 Å². The van der Waals surface area contributed by atoms with Crippen molar-refractivity contribution in [3.63, 3.8) is 0 Å². The van der Waals surface area contributed by atoms with Crippen LogP contribution in [-0.4, -0.2) is 26.4 Å². The first-order valence-electron chi connectivity index (χ1n) is 9.30. The van der Waals surface area contributed by atoms with Gasteiger partial charge in [0.1, 0.15) is 11.4 Å². The number of benzene rings is 3. The summed E-state index contributed by atoms with van der Waals surface area (Å²) < 4.78 is 30.9. The van der Waals surface area contributed by atoms with E-state index in [0.29, 0.717) is 11.3 Å². The molecule has 0 unspecified atom stereocenters. The Morgan fingerprint density at radius 1 is 1.06 bits per heavy atom. The van der Waals surface area contributed by atoms with Crippen LogP contribution in [0.15, 0.2) is 97.9 Å². The number of nitrogens with one attached hydrogen (secondary N) is 2. The van der Waals surface area contributed by atoms with E-state index in [-0.39, 0.29) is 29.6 Å². The average molecular weight is 505 g/mol. The molecule has 0 aliphatic heterocycles. The molecular formula is C21H24N6O5S2. The van der Waals surface area contributed by atoms with E-state index in [2.05, 4.69) is 34.8 Å². The average Bonchev–Trinajstić information content (AvgIpc) is 2.84. The quantitative estimate of drug-likeness (QED) is 0.0837.